The van der Waals surface area contributed by atoms with E-state index < -0.39 is 0 Å². The minimum absolute atomic E-state index is 0.346. The summed E-state index contributed by atoms with van der Waals surface area (Å²) >= 11 is 1.40. The minimum atomic E-state index is -0.384. The van der Waals surface area contributed by atoms with Crippen LogP contribution in [0.15, 0.2) is 17.6 Å². The van der Waals surface area contributed by atoms with E-state index in [9.17, 15) is 4.79 Å². The topological polar surface area (TPSA) is 52.1 Å². The van der Waals surface area contributed by atoms with Crippen molar-refractivity contribution in [1.82, 2.24) is 9.97 Å². The maximum Gasteiger partial charge on any atom is 0.357 e. The molecule has 0 aliphatic heterocycles. The summed E-state index contributed by atoms with van der Waals surface area (Å²) in [5.41, 5.74) is 3.33. The zero-order chi connectivity index (χ0) is 13.1. The van der Waals surface area contributed by atoms with Crippen molar-refractivity contribution in [2.24, 2.45) is 0 Å². The fourth-order valence-corrected chi connectivity index (χ4v) is 2.47. The molecule has 0 atom stereocenters. The molecule has 0 saturated carbocycles. The number of aromatic nitrogens is 2. The van der Waals surface area contributed by atoms with Gasteiger partial charge in [0.25, 0.3) is 0 Å². The highest BCUT2D eigenvalue weighted by Gasteiger charge is 2.14. The Hall–Kier alpha value is -1.75. The average molecular weight is 262 g/mol. The zero-order valence-corrected chi connectivity index (χ0v) is 11.4. The van der Waals surface area contributed by atoms with Gasteiger partial charge in [-0.2, -0.15) is 0 Å². The lowest BCUT2D eigenvalue weighted by Crippen LogP contribution is -2.04. The molecule has 0 fully saturated rings. The SMILES string of the molecule is CCOC(=O)c1csc(-c2ncc(C)cc2C)n1. The van der Waals surface area contributed by atoms with Crippen molar-refractivity contribution >= 4 is 17.3 Å². The third kappa shape index (κ3) is 2.56. The second-order valence-electron chi connectivity index (χ2n) is 3.94. The molecule has 18 heavy (non-hydrogen) atoms. The summed E-state index contributed by atoms with van der Waals surface area (Å²) in [7, 11) is 0. The quantitative estimate of drug-likeness (QED) is 0.798. The van der Waals surface area contributed by atoms with Crippen LogP contribution in [0.2, 0.25) is 0 Å². The van der Waals surface area contributed by atoms with Gasteiger partial charge in [-0.15, -0.1) is 11.3 Å². The molecule has 2 rings (SSSR count). The predicted octanol–water partition coefficient (Wildman–Crippen LogP) is 3.00. The van der Waals surface area contributed by atoms with Crippen LogP contribution in [0.4, 0.5) is 0 Å². The van der Waals surface area contributed by atoms with E-state index in [0.717, 1.165) is 21.8 Å². The number of carbonyl (C=O) groups excluding carboxylic acids is 1. The van der Waals surface area contributed by atoms with Crippen LogP contribution in [-0.2, 0) is 4.74 Å². The number of nitrogens with zero attached hydrogens (tertiary/aromatic N) is 2. The molecule has 0 aromatic carbocycles. The molecule has 0 unspecified atom stereocenters. The highest BCUT2D eigenvalue weighted by atomic mass is 32.1. The third-order valence-corrected chi connectivity index (χ3v) is 3.26. The van der Waals surface area contributed by atoms with E-state index >= 15 is 0 Å². The van der Waals surface area contributed by atoms with Crippen LogP contribution in [0.1, 0.15) is 28.5 Å². The number of thiazole rings is 1. The van der Waals surface area contributed by atoms with E-state index in [4.69, 9.17) is 4.74 Å². The summed E-state index contributed by atoms with van der Waals surface area (Å²) in [4.78, 5) is 20.2. The fraction of sp³-hybridized carbons (Fsp3) is 0.308. The summed E-state index contributed by atoms with van der Waals surface area (Å²) in [5.74, 6) is -0.384. The number of hydrogen-bond donors (Lipinski definition) is 0. The molecule has 0 saturated heterocycles. The molecule has 2 heterocycles. The Morgan fingerprint density at radius 2 is 2.22 bits per heavy atom. The first-order valence-electron chi connectivity index (χ1n) is 5.68. The molecule has 0 spiro atoms. The predicted molar refractivity (Wildman–Crippen MR) is 70.8 cm³/mol. The van der Waals surface area contributed by atoms with Gasteiger partial charge >= 0.3 is 5.97 Å². The lowest BCUT2D eigenvalue weighted by Gasteiger charge is -2.02. The summed E-state index contributed by atoms with van der Waals surface area (Å²) in [6, 6.07) is 2.05. The van der Waals surface area contributed by atoms with E-state index in [0.29, 0.717) is 12.3 Å². The first kappa shape index (κ1) is 12.7. The summed E-state index contributed by atoms with van der Waals surface area (Å²) in [6.07, 6.45) is 1.80. The standard InChI is InChI=1S/C13H14N2O2S/c1-4-17-13(16)10-7-18-12(15-10)11-9(3)5-8(2)6-14-11/h5-7H,4H2,1-3H3. The first-order valence-corrected chi connectivity index (χ1v) is 6.56. The molecule has 0 N–H and O–H groups in total. The molecule has 0 aliphatic rings. The summed E-state index contributed by atoms with van der Waals surface area (Å²) in [6.45, 7) is 6.11. The average Bonchev–Trinajstić information content (AvgIpc) is 2.78. The smallest absolute Gasteiger partial charge is 0.357 e. The van der Waals surface area contributed by atoms with Crippen LogP contribution in [0.5, 0.6) is 0 Å². The van der Waals surface area contributed by atoms with Gasteiger partial charge in [-0.1, -0.05) is 6.07 Å². The molecule has 2 aromatic rings. The Kier molecular flexibility index (Phi) is 3.72. The van der Waals surface area contributed by atoms with Crippen LogP contribution >= 0.6 is 11.3 Å². The van der Waals surface area contributed by atoms with Crippen LogP contribution in [0.3, 0.4) is 0 Å². The highest BCUT2D eigenvalue weighted by Crippen LogP contribution is 2.25. The number of rotatable bonds is 3. The third-order valence-electron chi connectivity index (χ3n) is 2.41. The maximum atomic E-state index is 11.5. The molecular formula is C13H14N2O2S. The molecule has 2 aromatic heterocycles. The number of aryl methyl sites for hydroxylation is 2. The van der Waals surface area contributed by atoms with E-state index in [1.165, 1.54) is 11.3 Å². The minimum Gasteiger partial charge on any atom is -0.461 e. The van der Waals surface area contributed by atoms with Gasteiger partial charge in [0.2, 0.25) is 0 Å². The molecule has 0 bridgehead atoms. The fourth-order valence-electron chi connectivity index (χ4n) is 1.62. The zero-order valence-electron chi connectivity index (χ0n) is 10.6. The number of ether oxygens (including phenoxy) is 1. The van der Waals surface area contributed by atoms with Gasteiger partial charge in [0.05, 0.1) is 6.61 Å². The van der Waals surface area contributed by atoms with E-state index in [2.05, 4.69) is 9.97 Å². The Morgan fingerprint density at radius 3 is 2.89 bits per heavy atom. The largest absolute Gasteiger partial charge is 0.461 e. The molecular weight excluding hydrogens is 248 g/mol. The second-order valence-corrected chi connectivity index (χ2v) is 4.79. The Labute approximate surface area is 110 Å². The summed E-state index contributed by atoms with van der Waals surface area (Å²) in [5, 5.41) is 2.45. The van der Waals surface area contributed by atoms with Gasteiger partial charge in [0.15, 0.2) is 5.69 Å². The Morgan fingerprint density at radius 1 is 1.44 bits per heavy atom. The summed E-state index contributed by atoms with van der Waals surface area (Å²) < 4.78 is 4.91. The van der Waals surface area contributed by atoms with Crippen LogP contribution in [0.25, 0.3) is 10.7 Å². The number of esters is 1. The van der Waals surface area contributed by atoms with E-state index in [1.54, 1.807) is 18.5 Å². The number of carbonyl (C=O) groups is 1. The van der Waals surface area contributed by atoms with Crippen LogP contribution in [0, 0.1) is 13.8 Å². The number of pyridine rings is 1. The lowest BCUT2D eigenvalue weighted by molar-refractivity contribution is 0.0520. The molecule has 5 heteroatoms. The maximum absolute atomic E-state index is 11.5. The Bertz CT molecular complexity index is 578. The molecule has 0 radical (unpaired) electrons. The van der Waals surface area contributed by atoms with Crippen molar-refractivity contribution in [2.45, 2.75) is 20.8 Å². The molecule has 0 amide bonds. The van der Waals surface area contributed by atoms with E-state index in [-0.39, 0.29) is 5.97 Å². The van der Waals surface area contributed by atoms with Gasteiger partial charge in [0, 0.05) is 11.6 Å². The van der Waals surface area contributed by atoms with Gasteiger partial charge < -0.3 is 4.74 Å². The van der Waals surface area contributed by atoms with Crippen molar-refractivity contribution < 1.29 is 9.53 Å². The molecule has 4 nitrogen and oxygen atoms in total. The van der Waals surface area contributed by atoms with Gasteiger partial charge in [-0.25, -0.2) is 9.78 Å². The molecule has 0 aliphatic carbocycles. The van der Waals surface area contributed by atoms with Crippen molar-refractivity contribution in [3.63, 3.8) is 0 Å². The van der Waals surface area contributed by atoms with E-state index in [1.807, 2.05) is 19.9 Å². The van der Waals surface area contributed by atoms with Crippen molar-refractivity contribution in [1.29, 1.82) is 0 Å². The van der Waals surface area contributed by atoms with Crippen molar-refractivity contribution in [3.05, 3.63) is 34.5 Å². The van der Waals surface area contributed by atoms with Crippen molar-refractivity contribution in [2.75, 3.05) is 6.61 Å². The Balaban J connectivity index is 2.32. The normalized spacial score (nSPS) is 10.4. The lowest BCUT2D eigenvalue weighted by atomic mass is 10.2. The van der Waals surface area contributed by atoms with Gasteiger partial charge in [-0.05, 0) is 31.9 Å². The van der Waals surface area contributed by atoms with Crippen LogP contribution < -0.4 is 0 Å². The van der Waals surface area contributed by atoms with Crippen molar-refractivity contribution in [3.8, 4) is 10.7 Å². The highest BCUT2D eigenvalue weighted by molar-refractivity contribution is 7.13. The van der Waals surface area contributed by atoms with Gasteiger partial charge in [-0.3, -0.25) is 4.98 Å². The monoisotopic (exact) mass is 262 g/mol. The second kappa shape index (κ2) is 5.27. The molecule has 94 valence electrons. The first-order chi connectivity index (χ1) is 8.61. The number of hydrogen-bond acceptors (Lipinski definition) is 5. The van der Waals surface area contributed by atoms with Gasteiger partial charge in [0.1, 0.15) is 10.7 Å². The van der Waals surface area contributed by atoms with Crippen LogP contribution in [-0.4, -0.2) is 22.5 Å².